The van der Waals surface area contributed by atoms with E-state index in [0.29, 0.717) is 5.92 Å². The van der Waals surface area contributed by atoms with Crippen LogP contribution in [0.2, 0.25) is 0 Å². The predicted molar refractivity (Wildman–Crippen MR) is 76.6 cm³/mol. The summed E-state index contributed by atoms with van der Waals surface area (Å²) in [7, 11) is 0. The summed E-state index contributed by atoms with van der Waals surface area (Å²) in [6, 6.07) is 8.89. The fourth-order valence-electron chi connectivity index (χ4n) is 2.89. The van der Waals surface area contributed by atoms with E-state index in [-0.39, 0.29) is 5.82 Å². The number of rotatable bonds is 4. The van der Waals surface area contributed by atoms with Gasteiger partial charge in [-0.2, -0.15) is 5.10 Å². The van der Waals surface area contributed by atoms with Crippen LogP contribution in [0.15, 0.2) is 42.7 Å². The van der Waals surface area contributed by atoms with E-state index in [2.05, 4.69) is 10.00 Å². The average Bonchev–Trinajstić information content (AvgIpc) is 2.94. The third kappa shape index (κ3) is 3.45. The van der Waals surface area contributed by atoms with Gasteiger partial charge in [-0.25, -0.2) is 4.39 Å². The second kappa shape index (κ2) is 6.18. The standard InChI is InChI=1S/C16H20FN3/c17-16-4-1-3-15(11-16)12-19-9-5-14(6-10-19)13-20-8-2-7-18-20/h1-4,7-8,11,14H,5-6,9-10,12-13H2. The van der Waals surface area contributed by atoms with Crippen LogP contribution < -0.4 is 0 Å². The molecule has 0 saturated carbocycles. The molecule has 0 N–H and O–H groups in total. The number of halogens is 1. The molecule has 3 rings (SSSR count). The van der Waals surface area contributed by atoms with Gasteiger partial charge in [0.25, 0.3) is 0 Å². The molecule has 3 nitrogen and oxygen atoms in total. The maximum Gasteiger partial charge on any atom is 0.123 e. The van der Waals surface area contributed by atoms with E-state index >= 15 is 0 Å². The maximum atomic E-state index is 13.2. The van der Waals surface area contributed by atoms with Crippen LogP contribution in [0.1, 0.15) is 18.4 Å². The molecular weight excluding hydrogens is 253 g/mol. The van der Waals surface area contributed by atoms with Crippen LogP contribution >= 0.6 is 0 Å². The molecule has 1 aliphatic heterocycles. The SMILES string of the molecule is Fc1cccc(CN2CCC(Cn3cccn3)CC2)c1. The molecule has 1 aromatic heterocycles. The van der Waals surface area contributed by atoms with Crippen molar-refractivity contribution >= 4 is 0 Å². The van der Waals surface area contributed by atoms with E-state index in [1.165, 1.54) is 18.9 Å². The van der Waals surface area contributed by atoms with Crippen LogP contribution in [-0.4, -0.2) is 27.8 Å². The molecule has 1 aromatic carbocycles. The normalized spacial score (nSPS) is 17.4. The third-order valence-electron chi connectivity index (χ3n) is 4.01. The number of hydrogen-bond donors (Lipinski definition) is 0. The highest BCUT2D eigenvalue weighted by Gasteiger charge is 2.19. The maximum absolute atomic E-state index is 13.2. The first-order valence-electron chi connectivity index (χ1n) is 7.24. The topological polar surface area (TPSA) is 21.1 Å². The Morgan fingerprint density at radius 1 is 1.20 bits per heavy atom. The molecule has 4 heteroatoms. The molecular formula is C16H20FN3. The Morgan fingerprint density at radius 2 is 2.05 bits per heavy atom. The zero-order valence-corrected chi connectivity index (χ0v) is 11.6. The third-order valence-corrected chi connectivity index (χ3v) is 4.01. The fraction of sp³-hybridized carbons (Fsp3) is 0.438. The monoisotopic (exact) mass is 273 g/mol. The van der Waals surface area contributed by atoms with Crippen molar-refractivity contribution in [1.29, 1.82) is 0 Å². The van der Waals surface area contributed by atoms with Gasteiger partial charge in [0, 0.05) is 25.5 Å². The Morgan fingerprint density at radius 3 is 2.75 bits per heavy atom. The molecule has 1 aliphatic rings. The molecule has 2 heterocycles. The van der Waals surface area contributed by atoms with Gasteiger partial charge in [-0.05, 0) is 55.6 Å². The summed E-state index contributed by atoms with van der Waals surface area (Å²) in [6.45, 7) is 4.04. The smallest absolute Gasteiger partial charge is 0.123 e. The summed E-state index contributed by atoms with van der Waals surface area (Å²) in [5, 5.41) is 4.27. The highest BCUT2D eigenvalue weighted by molar-refractivity contribution is 5.16. The lowest BCUT2D eigenvalue weighted by molar-refractivity contribution is 0.164. The number of piperidine rings is 1. The van der Waals surface area contributed by atoms with Crippen molar-refractivity contribution in [3.8, 4) is 0 Å². The Balaban J connectivity index is 1.48. The van der Waals surface area contributed by atoms with Gasteiger partial charge < -0.3 is 0 Å². The van der Waals surface area contributed by atoms with E-state index in [4.69, 9.17) is 0 Å². The average molecular weight is 273 g/mol. The number of benzene rings is 1. The first-order chi connectivity index (χ1) is 9.79. The number of nitrogens with zero attached hydrogens (tertiary/aromatic N) is 3. The lowest BCUT2D eigenvalue weighted by atomic mass is 9.96. The molecule has 0 aliphatic carbocycles. The number of aromatic nitrogens is 2. The predicted octanol–water partition coefficient (Wildman–Crippen LogP) is 2.93. The van der Waals surface area contributed by atoms with E-state index in [1.54, 1.807) is 12.1 Å². The lowest BCUT2D eigenvalue weighted by Gasteiger charge is -2.31. The first-order valence-corrected chi connectivity index (χ1v) is 7.24. The van der Waals surface area contributed by atoms with Crippen molar-refractivity contribution in [3.05, 3.63) is 54.1 Å². The van der Waals surface area contributed by atoms with Crippen molar-refractivity contribution in [2.24, 2.45) is 5.92 Å². The molecule has 1 saturated heterocycles. The van der Waals surface area contributed by atoms with Crippen LogP contribution in [0.5, 0.6) is 0 Å². The zero-order chi connectivity index (χ0) is 13.8. The summed E-state index contributed by atoms with van der Waals surface area (Å²) in [5.41, 5.74) is 1.07. The number of hydrogen-bond acceptors (Lipinski definition) is 2. The van der Waals surface area contributed by atoms with Crippen molar-refractivity contribution in [2.45, 2.75) is 25.9 Å². The molecule has 0 spiro atoms. The summed E-state index contributed by atoms with van der Waals surface area (Å²) >= 11 is 0. The molecule has 1 fully saturated rings. The van der Waals surface area contributed by atoms with E-state index in [1.807, 2.05) is 29.2 Å². The molecule has 2 aromatic rings. The van der Waals surface area contributed by atoms with Gasteiger partial charge in [0.15, 0.2) is 0 Å². The van der Waals surface area contributed by atoms with Gasteiger partial charge in [-0.1, -0.05) is 12.1 Å². The van der Waals surface area contributed by atoms with Crippen LogP contribution in [0.4, 0.5) is 4.39 Å². The van der Waals surface area contributed by atoms with Crippen LogP contribution in [0.25, 0.3) is 0 Å². The first kappa shape index (κ1) is 13.3. The number of likely N-dealkylation sites (tertiary alicyclic amines) is 1. The van der Waals surface area contributed by atoms with Gasteiger partial charge in [0.05, 0.1) is 0 Å². The summed E-state index contributed by atoms with van der Waals surface area (Å²) in [4.78, 5) is 2.41. The minimum Gasteiger partial charge on any atom is -0.299 e. The van der Waals surface area contributed by atoms with E-state index < -0.39 is 0 Å². The highest BCUT2D eigenvalue weighted by atomic mass is 19.1. The Labute approximate surface area is 119 Å². The van der Waals surface area contributed by atoms with E-state index in [9.17, 15) is 4.39 Å². The van der Waals surface area contributed by atoms with Crippen molar-refractivity contribution < 1.29 is 4.39 Å². The lowest BCUT2D eigenvalue weighted by Crippen LogP contribution is -2.34. The van der Waals surface area contributed by atoms with Gasteiger partial charge in [-0.15, -0.1) is 0 Å². The Bertz CT molecular complexity index is 530. The van der Waals surface area contributed by atoms with Gasteiger partial charge in [0.1, 0.15) is 5.82 Å². The molecule has 0 bridgehead atoms. The second-order valence-corrected chi connectivity index (χ2v) is 5.58. The van der Waals surface area contributed by atoms with Gasteiger partial charge >= 0.3 is 0 Å². The Kier molecular flexibility index (Phi) is 4.11. The van der Waals surface area contributed by atoms with Crippen molar-refractivity contribution in [3.63, 3.8) is 0 Å². The largest absolute Gasteiger partial charge is 0.299 e. The van der Waals surface area contributed by atoms with Gasteiger partial charge in [-0.3, -0.25) is 9.58 Å². The van der Waals surface area contributed by atoms with Crippen LogP contribution in [-0.2, 0) is 13.1 Å². The van der Waals surface area contributed by atoms with E-state index in [0.717, 1.165) is 31.7 Å². The van der Waals surface area contributed by atoms with Crippen molar-refractivity contribution in [2.75, 3.05) is 13.1 Å². The van der Waals surface area contributed by atoms with Crippen LogP contribution in [0.3, 0.4) is 0 Å². The van der Waals surface area contributed by atoms with Gasteiger partial charge in [0.2, 0.25) is 0 Å². The molecule has 0 unspecified atom stereocenters. The second-order valence-electron chi connectivity index (χ2n) is 5.58. The molecule has 0 atom stereocenters. The summed E-state index contributed by atoms with van der Waals surface area (Å²) in [6.07, 6.45) is 6.24. The quantitative estimate of drug-likeness (QED) is 0.854. The fourth-order valence-corrected chi connectivity index (χ4v) is 2.89. The summed E-state index contributed by atoms with van der Waals surface area (Å²) in [5.74, 6) is 0.565. The molecule has 0 amide bonds. The van der Waals surface area contributed by atoms with Crippen molar-refractivity contribution in [1.82, 2.24) is 14.7 Å². The summed E-state index contributed by atoms with van der Waals surface area (Å²) < 4.78 is 15.2. The Hall–Kier alpha value is -1.68. The minimum atomic E-state index is -0.143. The van der Waals surface area contributed by atoms with Crippen LogP contribution in [0, 0.1) is 11.7 Å². The highest BCUT2D eigenvalue weighted by Crippen LogP contribution is 2.20. The molecule has 20 heavy (non-hydrogen) atoms. The minimum absolute atomic E-state index is 0.143. The molecule has 106 valence electrons. The zero-order valence-electron chi connectivity index (χ0n) is 11.6. The molecule has 0 radical (unpaired) electrons.